The molecule has 1 fully saturated rings. The summed E-state index contributed by atoms with van der Waals surface area (Å²) in [6.07, 6.45) is 5.97. The van der Waals surface area contributed by atoms with E-state index in [4.69, 9.17) is 21.3 Å². The first kappa shape index (κ1) is 28.4. The molecule has 3 heterocycles. The van der Waals surface area contributed by atoms with E-state index >= 15 is 0 Å². The van der Waals surface area contributed by atoms with Gasteiger partial charge in [-0.25, -0.2) is 4.98 Å². The molecule has 4 rings (SSSR count). The number of H-pyrrole nitrogens is 1. The first-order valence-electron chi connectivity index (χ1n) is 12.3. The van der Waals surface area contributed by atoms with Crippen molar-refractivity contribution < 1.29 is 9.84 Å². The number of halogens is 2. The van der Waals surface area contributed by atoms with Gasteiger partial charge >= 0.3 is 0 Å². The van der Waals surface area contributed by atoms with Crippen molar-refractivity contribution in [2.45, 2.75) is 32.1 Å². The minimum absolute atomic E-state index is 0. The van der Waals surface area contributed by atoms with E-state index in [0.717, 1.165) is 67.7 Å². The third-order valence-electron chi connectivity index (χ3n) is 6.85. The number of rotatable bonds is 10. The van der Waals surface area contributed by atoms with Gasteiger partial charge in [-0.1, -0.05) is 31.5 Å². The number of benzene rings is 1. The summed E-state index contributed by atoms with van der Waals surface area (Å²) in [5, 5.41) is 14.2. The number of methoxy groups -OCH3 is 1. The average molecular weight is 535 g/mol. The van der Waals surface area contributed by atoms with Crippen molar-refractivity contribution in [1.29, 1.82) is 0 Å². The molecule has 0 bridgehead atoms. The van der Waals surface area contributed by atoms with Gasteiger partial charge in [0.25, 0.3) is 0 Å². The Morgan fingerprint density at radius 2 is 1.89 bits per heavy atom. The van der Waals surface area contributed by atoms with Crippen LogP contribution in [0.2, 0.25) is 5.02 Å². The van der Waals surface area contributed by atoms with Gasteiger partial charge in [0.05, 0.1) is 23.0 Å². The average Bonchev–Trinajstić information content (AvgIpc) is 3.32. The van der Waals surface area contributed by atoms with Gasteiger partial charge in [0.1, 0.15) is 11.6 Å². The molecule has 0 aliphatic carbocycles. The molecule has 196 valence electrons. The van der Waals surface area contributed by atoms with Crippen LogP contribution in [0.1, 0.15) is 32.5 Å². The van der Waals surface area contributed by atoms with Gasteiger partial charge in [-0.15, -0.1) is 12.4 Å². The minimum atomic E-state index is -0.215. The number of likely N-dealkylation sites (tertiary alicyclic amines) is 1. The zero-order valence-corrected chi connectivity index (χ0v) is 22.8. The molecule has 0 radical (unpaired) electrons. The lowest BCUT2D eigenvalue weighted by atomic mass is 9.91. The number of nitrogens with one attached hydrogen (secondary N) is 2. The van der Waals surface area contributed by atoms with Crippen LogP contribution < -0.4 is 5.32 Å². The lowest BCUT2D eigenvalue weighted by Gasteiger charge is -2.32. The molecule has 1 aliphatic rings. The van der Waals surface area contributed by atoms with Crippen molar-refractivity contribution in [3.05, 3.63) is 53.6 Å². The van der Waals surface area contributed by atoms with Crippen LogP contribution in [-0.2, 0) is 10.2 Å². The molecule has 0 unspecified atom stereocenters. The fraction of sp³-hybridized carbons (Fsp3) is 0.481. The van der Waals surface area contributed by atoms with Crippen molar-refractivity contribution in [3.63, 3.8) is 0 Å². The molecule has 1 saturated heterocycles. The van der Waals surface area contributed by atoms with Crippen LogP contribution in [0.4, 0.5) is 0 Å². The summed E-state index contributed by atoms with van der Waals surface area (Å²) >= 11 is 6.05. The van der Waals surface area contributed by atoms with Crippen molar-refractivity contribution in [2.24, 2.45) is 5.92 Å². The van der Waals surface area contributed by atoms with E-state index < -0.39 is 0 Å². The minimum Gasteiger partial charge on any atom is -0.506 e. The Morgan fingerprint density at radius 3 is 2.56 bits per heavy atom. The lowest BCUT2D eigenvalue weighted by Crippen LogP contribution is -2.41. The van der Waals surface area contributed by atoms with Gasteiger partial charge in [0.15, 0.2) is 0 Å². The van der Waals surface area contributed by atoms with Crippen LogP contribution in [0.3, 0.4) is 0 Å². The highest BCUT2D eigenvalue weighted by atomic mass is 35.5. The molecule has 36 heavy (non-hydrogen) atoms. The highest BCUT2D eigenvalue weighted by Gasteiger charge is 2.28. The Bertz CT molecular complexity index is 1100. The van der Waals surface area contributed by atoms with Crippen LogP contribution in [-0.4, -0.2) is 71.4 Å². The Kier molecular flexibility index (Phi) is 10.2. The van der Waals surface area contributed by atoms with E-state index in [-0.39, 0.29) is 23.6 Å². The highest BCUT2D eigenvalue weighted by Crippen LogP contribution is 2.36. The number of hydrogen-bond acceptors (Lipinski definition) is 6. The van der Waals surface area contributed by atoms with E-state index in [1.165, 1.54) is 12.8 Å². The van der Waals surface area contributed by atoms with Gasteiger partial charge < -0.3 is 25.0 Å². The maximum atomic E-state index is 10.2. The Balaban J connectivity index is 0.00000361. The van der Waals surface area contributed by atoms with E-state index in [1.807, 2.05) is 18.2 Å². The number of phenolic OH excluding ortho intramolecular Hbond substituents is 1. The maximum absolute atomic E-state index is 10.2. The molecule has 3 N–H and O–H groups in total. The SMILES string of the molecule is COCCN1CCC(CNCC(C)(C)c2nc(-c3ccc(Cl)c(O)c3)c(-c3ccncc3)[nH]2)CC1.Cl. The second-order valence-corrected chi connectivity index (χ2v) is 10.4. The molecule has 9 heteroatoms. The molecule has 3 aromatic rings. The number of aromatic amines is 1. The standard InChI is InChI=1S/C27H36ClN5O2.ClH/c1-27(2,18-30-17-19-8-12-33(13-9-19)14-15-35-3)26-31-24(20-6-10-29-11-7-20)25(32-26)21-4-5-22(28)23(34)16-21;/h4-7,10-11,16,19,30,34H,8-9,12-15,17-18H2,1-3H3,(H,31,32);1H. The monoisotopic (exact) mass is 533 g/mol. The number of phenols is 1. The molecular formula is C27H37Cl2N5O2. The molecule has 0 amide bonds. The summed E-state index contributed by atoms with van der Waals surface area (Å²) in [7, 11) is 1.76. The van der Waals surface area contributed by atoms with Crippen molar-refractivity contribution in [2.75, 3.05) is 46.4 Å². The van der Waals surface area contributed by atoms with Crippen LogP contribution in [0.25, 0.3) is 22.5 Å². The molecule has 1 aliphatic heterocycles. The summed E-state index contributed by atoms with van der Waals surface area (Å²) in [6.45, 7) is 10.3. The topological polar surface area (TPSA) is 86.3 Å². The predicted octanol–water partition coefficient (Wildman–Crippen LogP) is 5.15. The smallest absolute Gasteiger partial charge is 0.134 e. The first-order chi connectivity index (χ1) is 16.9. The number of imidazole rings is 1. The van der Waals surface area contributed by atoms with Gasteiger partial charge in [-0.3, -0.25) is 4.98 Å². The molecular weight excluding hydrogens is 497 g/mol. The second-order valence-electron chi connectivity index (χ2n) is 10.0. The second kappa shape index (κ2) is 12.9. The van der Waals surface area contributed by atoms with Crippen LogP contribution >= 0.6 is 24.0 Å². The van der Waals surface area contributed by atoms with Crippen LogP contribution in [0.15, 0.2) is 42.7 Å². The zero-order valence-electron chi connectivity index (χ0n) is 21.3. The summed E-state index contributed by atoms with van der Waals surface area (Å²) in [4.78, 5) is 15.2. The highest BCUT2D eigenvalue weighted by molar-refractivity contribution is 6.32. The summed E-state index contributed by atoms with van der Waals surface area (Å²) in [5.74, 6) is 1.64. The largest absolute Gasteiger partial charge is 0.506 e. The lowest BCUT2D eigenvalue weighted by molar-refractivity contribution is 0.119. The van der Waals surface area contributed by atoms with Gasteiger partial charge in [0.2, 0.25) is 0 Å². The molecule has 0 saturated carbocycles. The van der Waals surface area contributed by atoms with E-state index in [2.05, 4.69) is 34.0 Å². The number of hydrogen-bond donors (Lipinski definition) is 3. The third-order valence-corrected chi connectivity index (χ3v) is 7.17. The zero-order chi connectivity index (χ0) is 24.8. The Labute approximate surface area is 225 Å². The number of piperidine rings is 1. The first-order valence-corrected chi connectivity index (χ1v) is 12.7. The van der Waals surface area contributed by atoms with Gasteiger partial charge in [-0.2, -0.15) is 0 Å². The van der Waals surface area contributed by atoms with E-state index in [0.29, 0.717) is 10.9 Å². The van der Waals surface area contributed by atoms with Crippen molar-refractivity contribution >= 4 is 24.0 Å². The maximum Gasteiger partial charge on any atom is 0.134 e. The van der Waals surface area contributed by atoms with Crippen LogP contribution in [0.5, 0.6) is 5.75 Å². The number of ether oxygens (including phenoxy) is 1. The predicted molar refractivity (Wildman–Crippen MR) is 148 cm³/mol. The van der Waals surface area contributed by atoms with Crippen molar-refractivity contribution in [1.82, 2.24) is 25.2 Å². The third kappa shape index (κ3) is 6.99. The number of aromatic nitrogens is 3. The Hall–Kier alpha value is -2.16. The number of aromatic hydroxyl groups is 1. The van der Waals surface area contributed by atoms with E-state index in [1.54, 1.807) is 31.6 Å². The fourth-order valence-electron chi connectivity index (χ4n) is 4.60. The Morgan fingerprint density at radius 1 is 1.17 bits per heavy atom. The van der Waals surface area contributed by atoms with E-state index in [9.17, 15) is 5.11 Å². The van der Waals surface area contributed by atoms with Crippen LogP contribution in [0, 0.1) is 5.92 Å². The molecule has 1 aromatic carbocycles. The van der Waals surface area contributed by atoms with Crippen molar-refractivity contribution in [3.8, 4) is 28.3 Å². The molecule has 7 nitrogen and oxygen atoms in total. The van der Waals surface area contributed by atoms with Gasteiger partial charge in [0, 0.05) is 49.1 Å². The normalized spacial score (nSPS) is 15.1. The summed E-state index contributed by atoms with van der Waals surface area (Å²) < 4.78 is 5.21. The molecule has 0 atom stereocenters. The molecule has 0 spiro atoms. The number of nitrogens with zero attached hydrogens (tertiary/aromatic N) is 3. The van der Waals surface area contributed by atoms with Gasteiger partial charge in [-0.05, 0) is 62.7 Å². The summed E-state index contributed by atoms with van der Waals surface area (Å²) in [5.41, 5.74) is 3.28. The quantitative estimate of drug-likeness (QED) is 0.334. The number of pyridine rings is 1. The fourth-order valence-corrected chi connectivity index (χ4v) is 4.71. The molecule has 2 aromatic heterocycles. The summed E-state index contributed by atoms with van der Waals surface area (Å²) in [6, 6.07) is 9.17.